The molecule has 1 unspecified atom stereocenters. The Morgan fingerprint density at radius 2 is 1.91 bits per heavy atom. The van der Waals surface area contributed by atoms with Crippen molar-refractivity contribution in [3.8, 4) is 0 Å². The minimum Gasteiger partial charge on any atom is -0.458 e. The second-order valence-electron chi connectivity index (χ2n) is 10.9. The lowest BCUT2D eigenvalue weighted by Gasteiger charge is -2.34. The van der Waals surface area contributed by atoms with Crippen molar-refractivity contribution < 1.29 is 29.3 Å². The number of aryl methyl sites for hydroxylation is 1. The summed E-state index contributed by atoms with van der Waals surface area (Å²) in [7, 11) is 0. The van der Waals surface area contributed by atoms with Gasteiger partial charge < -0.3 is 19.7 Å². The van der Waals surface area contributed by atoms with E-state index >= 15 is 0 Å². The largest absolute Gasteiger partial charge is 0.458 e. The van der Waals surface area contributed by atoms with Crippen LogP contribution < -0.4 is 0 Å². The number of thiazole rings is 1. The second-order valence-corrected chi connectivity index (χ2v) is 12.0. The number of aliphatic hydroxyl groups is 2. The summed E-state index contributed by atoms with van der Waals surface area (Å²) in [6.07, 6.45) is 3.84. The third-order valence-electron chi connectivity index (χ3n) is 7.51. The van der Waals surface area contributed by atoms with Gasteiger partial charge in [0.2, 0.25) is 0 Å². The summed E-state index contributed by atoms with van der Waals surface area (Å²) in [6.45, 7) is 12.6. The van der Waals surface area contributed by atoms with Gasteiger partial charge in [-0.05, 0) is 38.8 Å². The molecular weight excluding hydrogens is 466 g/mol. The Morgan fingerprint density at radius 3 is 2.54 bits per heavy atom. The Hall–Kier alpha value is -1.87. The van der Waals surface area contributed by atoms with Crippen LogP contribution in [0.4, 0.5) is 0 Å². The number of fused-ring (bicyclic) bond motifs is 1. The van der Waals surface area contributed by atoms with Gasteiger partial charge in [-0.15, -0.1) is 11.3 Å². The molecule has 0 spiro atoms. The number of esters is 1. The number of Topliss-reactive ketones (excluding diaryl/α,β-unsaturated/α-hetero) is 1. The summed E-state index contributed by atoms with van der Waals surface area (Å²) in [5, 5.41) is 24.5. The number of aromatic nitrogens is 1. The predicted molar refractivity (Wildman–Crippen MR) is 136 cm³/mol. The van der Waals surface area contributed by atoms with Gasteiger partial charge in [-0.25, -0.2) is 4.98 Å². The zero-order valence-corrected chi connectivity index (χ0v) is 22.6. The van der Waals surface area contributed by atoms with E-state index in [0.29, 0.717) is 12.8 Å². The van der Waals surface area contributed by atoms with Gasteiger partial charge in [-0.3, -0.25) is 9.59 Å². The minimum absolute atomic E-state index is 0.0968. The molecule has 2 N–H and O–H groups in total. The molecule has 7 atom stereocenters. The molecule has 1 aromatic heterocycles. The lowest BCUT2D eigenvalue weighted by Crippen LogP contribution is -2.45. The number of aliphatic hydroxyl groups excluding tert-OH is 2. The predicted octanol–water partition coefficient (Wildman–Crippen LogP) is 4.25. The van der Waals surface area contributed by atoms with Crippen molar-refractivity contribution in [2.75, 3.05) is 0 Å². The molecule has 0 bridgehead atoms. The van der Waals surface area contributed by atoms with Crippen LogP contribution in [0.3, 0.4) is 0 Å². The van der Waals surface area contributed by atoms with Crippen molar-refractivity contribution in [1.82, 2.24) is 4.98 Å². The van der Waals surface area contributed by atoms with Gasteiger partial charge in [0.15, 0.2) is 0 Å². The molecular formula is C27H39NO6S. The van der Waals surface area contributed by atoms with Crippen LogP contribution in [0.2, 0.25) is 0 Å². The third-order valence-corrected chi connectivity index (χ3v) is 8.30. The quantitative estimate of drug-likeness (QED) is 0.351. The standard InChI is InChI=1S/C27H39NO6S/c1-15-9-8-10-27(7)22(34-27)12-20(16(2)11-19-14-35-18(4)28-19)33-23(30)13-21(29)26(5,6)25(32)17(3)24(15)31/h8-9,11,14-15,17,20-22,24,29,31H,10,12-13H2,1-7H3/t15-,17+,20?,21-,22+,24-,27-/m0/s1. The molecule has 1 fully saturated rings. The summed E-state index contributed by atoms with van der Waals surface area (Å²) < 4.78 is 11.9. The second kappa shape index (κ2) is 10.6. The molecule has 0 aromatic carbocycles. The molecule has 194 valence electrons. The van der Waals surface area contributed by atoms with E-state index in [4.69, 9.17) is 9.47 Å². The van der Waals surface area contributed by atoms with E-state index in [-0.39, 0.29) is 29.8 Å². The summed E-state index contributed by atoms with van der Waals surface area (Å²) in [4.78, 5) is 30.6. The van der Waals surface area contributed by atoms with Gasteiger partial charge in [0.25, 0.3) is 0 Å². The Morgan fingerprint density at radius 1 is 1.23 bits per heavy atom. The van der Waals surface area contributed by atoms with Crippen LogP contribution in [0.1, 0.15) is 71.5 Å². The van der Waals surface area contributed by atoms with E-state index in [1.54, 1.807) is 32.1 Å². The Labute approximate surface area is 212 Å². The summed E-state index contributed by atoms with van der Waals surface area (Å²) >= 11 is 1.55. The minimum atomic E-state index is -1.25. The van der Waals surface area contributed by atoms with Crippen LogP contribution in [0, 0.1) is 24.2 Å². The fourth-order valence-electron chi connectivity index (χ4n) is 4.67. The van der Waals surface area contributed by atoms with Crippen LogP contribution in [0.25, 0.3) is 6.08 Å². The van der Waals surface area contributed by atoms with Crippen molar-refractivity contribution in [3.63, 3.8) is 0 Å². The molecule has 1 saturated heterocycles. The lowest BCUT2D eigenvalue weighted by molar-refractivity contribution is -0.154. The smallest absolute Gasteiger partial charge is 0.309 e. The molecule has 3 heterocycles. The van der Waals surface area contributed by atoms with E-state index in [0.717, 1.165) is 16.3 Å². The average Bonchev–Trinajstić information content (AvgIpc) is 3.22. The monoisotopic (exact) mass is 505 g/mol. The van der Waals surface area contributed by atoms with E-state index < -0.39 is 35.6 Å². The van der Waals surface area contributed by atoms with E-state index in [1.807, 2.05) is 51.3 Å². The van der Waals surface area contributed by atoms with Crippen molar-refractivity contribution >= 4 is 29.2 Å². The van der Waals surface area contributed by atoms with Crippen molar-refractivity contribution in [2.24, 2.45) is 17.3 Å². The average molecular weight is 506 g/mol. The van der Waals surface area contributed by atoms with Gasteiger partial charge in [-0.2, -0.15) is 0 Å². The number of hydrogen-bond donors (Lipinski definition) is 2. The molecule has 2 aliphatic heterocycles. The fourth-order valence-corrected chi connectivity index (χ4v) is 5.24. The van der Waals surface area contributed by atoms with Gasteiger partial charge in [0.1, 0.15) is 11.9 Å². The summed E-state index contributed by atoms with van der Waals surface area (Å²) in [5.74, 6) is -1.83. The SMILES string of the molecule is CC(=Cc1csc(C)n1)C1C[C@H]2O[C@@]2(C)CC=C[C@H](C)[C@H](O)[C@@H](C)C(=O)C(C)(C)[C@@H](O)CC(=O)O1. The van der Waals surface area contributed by atoms with E-state index in [9.17, 15) is 19.8 Å². The molecule has 0 radical (unpaired) electrons. The Kier molecular flexibility index (Phi) is 8.41. The lowest BCUT2D eigenvalue weighted by atomic mass is 9.73. The third kappa shape index (κ3) is 6.47. The number of ether oxygens (including phenoxy) is 2. The number of nitrogens with zero attached hydrogens (tertiary/aromatic N) is 1. The van der Waals surface area contributed by atoms with Crippen LogP contribution in [0.15, 0.2) is 23.1 Å². The molecule has 0 saturated carbocycles. The van der Waals surface area contributed by atoms with Crippen molar-refractivity contribution in [2.45, 2.75) is 97.7 Å². The van der Waals surface area contributed by atoms with Crippen molar-refractivity contribution in [3.05, 3.63) is 33.8 Å². The van der Waals surface area contributed by atoms with Crippen LogP contribution >= 0.6 is 11.3 Å². The first-order valence-electron chi connectivity index (χ1n) is 12.3. The first-order chi connectivity index (χ1) is 16.2. The molecule has 1 aromatic rings. The van der Waals surface area contributed by atoms with Crippen molar-refractivity contribution in [1.29, 1.82) is 0 Å². The highest BCUT2D eigenvalue weighted by Gasteiger charge is 2.52. The summed E-state index contributed by atoms with van der Waals surface area (Å²) in [5.41, 5.74) is 0.0391. The van der Waals surface area contributed by atoms with Crippen LogP contribution in [-0.2, 0) is 19.1 Å². The normalized spacial score (nSPS) is 37.0. The topological polar surface area (TPSA) is 109 Å². The number of epoxide rings is 1. The highest BCUT2D eigenvalue weighted by molar-refractivity contribution is 7.09. The number of carbonyl (C=O) groups excluding carboxylic acids is 2. The zero-order valence-electron chi connectivity index (χ0n) is 21.8. The first kappa shape index (κ1) is 27.7. The maximum absolute atomic E-state index is 13.2. The summed E-state index contributed by atoms with van der Waals surface area (Å²) in [6, 6.07) is 0. The van der Waals surface area contributed by atoms with Gasteiger partial charge in [0, 0.05) is 23.6 Å². The molecule has 3 rings (SSSR count). The Balaban J connectivity index is 1.89. The molecule has 8 heteroatoms. The van der Waals surface area contributed by atoms with Crippen LogP contribution in [-0.4, -0.2) is 57.0 Å². The van der Waals surface area contributed by atoms with E-state index in [1.165, 1.54) is 0 Å². The molecule has 0 aliphatic carbocycles. The fraction of sp³-hybridized carbons (Fsp3) is 0.667. The number of carbonyl (C=O) groups is 2. The van der Waals surface area contributed by atoms with Crippen LogP contribution in [0.5, 0.6) is 0 Å². The van der Waals surface area contributed by atoms with Gasteiger partial charge in [-0.1, -0.05) is 39.8 Å². The number of rotatable bonds is 2. The molecule has 2 aliphatic rings. The van der Waals surface area contributed by atoms with E-state index in [2.05, 4.69) is 4.98 Å². The number of ketones is 1. The first-order valence-corrected chi connectivity index (χ1v) is 13.2. The highest BCUT2D eigenvalue weighted by atomic mass is 32.1. The number of cyclic esters (lactones) is 1. The zero-order chi connectivity index (χ0) is 26.1. The molecule has 0 amide bonds. The maximum Gasteiger partial charge on any atom is 0.309 e. The Bertz CT molecular complexity index is 998. The molecule has 35 heavy (non-hydrogen) atoms. The maximum atomic E-state index is 13.2. The van der Waals surface area contributed by atoms with Gasteiger partial charge in [0.05, 0.1) is 46.5 Å². The molecule has 7 nitrogen and oxygen atoms in total. The number of hydrogen-bond acceptors (Lipinski definition) is 8. The van der Waals surface area contributed by atoms with Gasteiger partial charge >= 0.3 is 5.97 Å². The highest BCUT2D eigenvalue weighted by Crippen LogP contribution is 2.44.